The Bertz CT molecular complexity index is 637. The van der Waals surface area contributed by atoms with Gasteiger partial charge in [0.05, 0.1) is 6.10 Å². The highest BCUT2D eigenvalue weighted by atomic mass is 16.3. The molecular formula is C27H48N2O2. The molecule has 4 aliphatic rings. The number of carbonyl (C=O) groups is 1. The maximum absolute atomic E-state index is 12.2. The second kappa shape index (κ2) is 9.33. The molecule has 4 nitrogen and oxygen atoms in total. The molecule has 0 aromatic heterocycles. The van der Waals surface area contributed by atoms with Crippen LogP contribution in [0, 0.1) is 40.4 Å². The standard InChI is InChI=1S/C27H48N2O2/c1-26-15-13-24-22(10-8-20-18-21(30)12-14-27(20,24)2)23(26)11-9-19(26)6-5-7-25(31)28-16-17-29(3)4/h19-24,30H,5-18H2,1-4H3,(H,28,31)/t19-,20?,21+,22?,23?,24?,26+,27-/m0/s1. The highest BCUT2D eigenvalue weighted by Crippen LogP contribution is 2.67. The number of nitrogens with one attached hydrogen (secondary N) is 1. The lowest BCUT2D eigenvalue weighted by Crippen LogP contribution is -2.53. The van der Waals surface area contributed by atoms with Gasteiger partial charge in [0, 0.05) is 19.5 Å². The van der Waals surface area contributed by atoms with Crippen LogP contribution in [0.4, 0.5) is 0 Å². The first-order chi connectivity index (χ1) is 14.7. The number of aliphatic hydroxyl groups is 1. The third-order valence-corrected chi connectivity index (χ3v) is 10.7. The summed E-state index contributed by atoms with van der Waals surface area (Å²) in [4.78, 5) is 14.3. The van der Waals surface area contributed by atoms with Crippen molar-refractivity contribution in [2.24, 2.45) is 40.4 Å². The number of likely N-dealkylation sites (N-methyl/N-ethyl adjacent to an activating group) is 1. The number of nitrogens with zero attached hydrogens (tertiary/aromatic N) is 1. The van der Waals surface area contributed by atoms with Gasteiger partial charge in [0.25, 0.3) is 0 Å². The molecule has 0 aliphatic heterocycles. The van der Waals surface area contributed by atoms with E-state index in [1.165, 1.54) is 51.4 Å². The topological polar surface area (TPSA) is 52.6 Å². The molecule has 31 heavy (non-hydrogen) atoms. The first kappa shape index (κ1) is 23.5. The van der Waals surface area contributed by atoms with Crippen LogP contribution in [0.5, 0.6) is 0 Å². The molecule has 0 saturated heterocycles. The molecule has 4 saturated carbocycles. The molecule has 4 fully saturated rings. The first-order valence-electron chi connectivity index (χ1n) is 13.3. The summed E-state index contributed by atoms with van der Waals surface area (Å²) in [7, 11) is 4.09. The summed E-state index contributed by atoms with van der Waals surface area (Å²) >= 11 is 0. The fraction of sp³-hybridized carbons (Fsp3) is 0.963. The van der Waals surface area contributed by atoms with Crippen molar-refractivity contribution in [1.29, 1.82) is 0 Å². The van der Waals surface area contributed by atoms with Crippen LogP contribution in [-0.4, -0.2) is 49.2 Å². The molecule has 4 unspecified atom stereocenters. The van der Waals surface area contributed by atoms with Crippen molar-refractivity contribution in [2.75, 3.05) is 27.2 Å². The third-order valence-electron chi connectivity index (χ3n) is 10.7. The normalized spacial score (nSPS) is 44.5. The molecule has 0 aromatic carbocycles. The number of fused-ring (bicyclic) bond motifs is 5. The van der Waals surface area contributed by atoms with E-state index in [1.54, 1.807) is 0 Å². The molecule has 0 aromatic rings. The average molecular weight is 433 g/mol. The third kappa shape index (κ3) is 4.58. The van der Waals surface area contributed by atoms with Crippen molar-refractivity contribution in [3.63, 3.8) is 0 Å². The maximum atomic E-state index is 12.2. The predicted molar refractivity (Wildman–Crippen MR) is 127 cm³/mol. The second-order valence-corrected chi connectivity index (χ2v) is 12.4. The van der Waals surface area contributed by atoms with Gasteiger partial charge in [0.1, 0.15) is 0 Å². The lowest BCUT2D eigenvalue weighted by molar-refractivity contribution is -0.127. The monoisotopic (exact) mass is 432 g/mol. The summed E-state index contributed by atoms with van der Waals surface area (Å²) in [6.45, 7) is 6.87. The zero-order valence-corrected chi connectivity index (χ0v) is 20.7. The molecular weight excluding hydrogens is 384 g/mol. The Morgan fingerprint density at radius 2 is 1.74 bits per heavy atom. The Hall–Kier alpha value is -0.610. The number of hydrogen-bond acceptors (Lipinski definition) is 3. The van der Waals surface area contributed by atoms with Gasteiger partial charge in [-0.05, 0) is 125 Å². The Kier molecular flexibility index (Phi) is 7.09. The number of hydrogen-bond donors (Lipinski definition) is 2. The van der Waals surface area contributed by atoms with Crippen LogP contribution in [-0.2, 0) is 4.79 Å². The summed E-state index contributed by atoms with van der Waals surface area (Å²) in [6.07, 6.45) is 14.6. The molecule has 4 rings (SSSR count). The molecule has 0 radical (unpaired) electrons. The number of amides is 1. The molecule has 2 N–H and O–H groups in total. The van der Waals surface area contributed by atoms with Gasteiger partial charge in [0.15, 0.2) is 0 Å². The minimum absolute atomic E-state index is 0.0422. The van der Waals surface area contributed by atoms with Crippen molar-refractivity contribution < 1.29 is 9.90 Å². The summed E-state index contributed by atoms with van der Waals surface area (Å²) in [5, 5.41) is 13.3. The highest BCUT2D eigenvalue weighted by molar-refractivity contribution is 5.75. The van der Waals surface area contributed by atoms with E-state index in [1.807, 2.05) is 14.1 Å². The summed E-state index contributed by atoms with van der Waals surface area (Å²) < 4.78 is 0. The van der Waals surface area contributed by atoms with E-state index in [4.69, 9.17) is 0 Å². The van der Waals surface area contributed by atoms with E-state index in [0.29, 0.717) is 17.3 Å². The number of aliphatic hydroxyl groups excluding tert-OH is 1. The van der Waals surface area contributed by atoms with Gasteiger partial charge >= 0.3 is 0 Å². The van der Waals surface area contributed by atoms with Gasteiger partial charge in [-0.2, -0.15) is 0 Å². The quantitative estimate of drug-likeness (QED) is 0.604. The van der Waals surface area contributed by atoms with Gasteiger partial charge in [-0.1, -0.05) is 13.8 Å². The van der Waals surface area contributed by atoms with Crippen molar-refractivity contribution in [3.8, 4) is 0 Å². The molecule has 1 amide bonds. The van der Waals surface area contributed by atoms with Crippen LogP contribution in [0.3, 0.4) is 0 Å². The Morgan fingerprint density at radius 1 is 1.00 bits per heavy atom. The molecule has 4 heteroatoms. The summed E-state index contributed by atoms with van der Waals surface area (Å²) in [6, 6.07) is 0. The molecule has 178 valence electrons. The summed E-state index contributed by atoms with van der Waals surface area (Å²) in [5.41, 5.74) is 0.978. The van der Waals surface area contributed by atoms with Crippen LogP contribution >= 0.6 is 0 Å². The average Bonchev–Trinajstić information content (AvgIpc) is 3.05. The van der Waals surface area contributed by atoms with Gasteiger partial charge in [0.2, 0.25) is 5.91 Å². The Balaban J connectivity index is 1.32. The Labute approximate surface area is 190 Å². The second-order valence-electron chi connectivity index (χ2n) is 12.4. The molecule has 0 spiro atoms. The predicted octanol–water partition coefficient (Wildman–Crippen LogP) is 4.85. The first-order valence-corrected chi connectivity index (χ1v) is 13.3. The van der Waals surface area contributed by atoms with Crippen molar-refractivity contribution in [1.82, 2.24) is 10.2 Å². The fourth-order valence-corrected chi connectivity index (χ4v) is 8.83. The smallest absolute Gasteiger partial charge is 0.220 e. The van der Waals surface area contributed by atoms with Gasteiger partial charge in [-0.15, -0.1) is 0 Å². The fourth-order valence-electron chi connectivity index (χ4n) is 8.83. The molecule has 0 bridgehead atoms. The van der Waals surface area contributed by atoms with Crippen LogP contribution < -0.4 is 5.32 Å². The summed E-state index contributed by atoms with van der Waals surface area (Å²) in [5.74, 6) is 4.50. The van der Waals surface area contributed by atoms with E-state index >= 15 is 0 Å². The van der Waals surface area contributed by atoms with Crippen LogP contribution in [0.2, 0.25) is 0 Å². The molecule has 0 heterocycles. The van der Waals surface area contributed by atoms with Crippen molar-refractivity contribution >= 4 is 5.91 Å². The largest absolute Gasteiger partial charge is 0.393 e. The van der Waals surface area contributed by atoms with E-state index in [2.05, 4.69) is 24.1 Å². The SMILES string of the molecule is CN(C)CCNC(=O)CCC[C@H]1CCC2C3CCC4C[C@H](O)CC[C@]4(C)C3CC[C@@]21C. The van der Waals surface area contributed by atoms with E-state index in [9.17, 15) is 9.90 Å². The zero-order valence-electron chi connectivity index (χ0n) is 20.7. The zero-order chi connectivity index (χ0) is 22.2. The minimum Gasteiger partial charge on any atom is -0.393 e. The van der Waals surface area contributed by atoms with Gasteiger partial charge in [-0.3, -0.25) is 4.79 Å². The van der Waals surface area contributed by atoms with Crippen LogP contribution in [0.15, 0.2) is 0 Å². The van der Waals surface area contributed by atoms with E-state index in [0.717, 1.165) is 61.9 Å². The highest BCUT2D eigenvalue weighted by Gasteiger charge is 2.59. The molecule has 4 aliphatic carbocycles. The lowest BCUT2D eigenvalue weighted by atomic mass is 9.44. The number of rotatable bonds is 7. The van der Waals surface area contributed by atoms with Crippen LogP contribution in [0.25, 0.3) is 0 Å². The number of carbonyl (C=O) groups excluding carboxylic acids is 1. The maximum Gasteiger partial charge on any atom is 0.220 e. The van der Waals surface area contributed by atoms with Gasteiger partial charge in [-0.25, -0.2) is 0 Å². The van der Waals surface area contributed by atoms with E-state index in [-0.39, 0.29) is 12.0 Å². The van der Waals surface area contributed by atoms with Crippen LogP contribution in [0.1, 0.15) is 90.9 Å². The molecule has 8 atom stereocenters. The van der Waals surface area contributed by atoms with Gasteiger partial charge < -0.3 is 15.3 Å². The van der Waals surface area contributed by atoms with Crippen molar-refractivity contribution in [3.05, 3.63) is 0 Å². The van der Waals surface area contributed by atoms with Crippen molar-refractivity contribution in [2.45, 2.75) is 97.0 Å². The lowest BCUT2D eigenvalue weighted by Gasteiger charge is -2.61. The minimum atomic E-state index is -0.0422. The Morgan fingerprint density at radius 3 is 2.52 bits per heavy atom. The van der Waals surface area contributed by atoms with E-state index < -0.39 is 0 Å².